The van der Waals surface area contributed by atoms with Gasteiger partial charge in [-0.15, -0.1) is 6.42 Å². The normalized spacial score (nSPS) is 16.7. The molecule has 0 heterocycles. The second kappa shape index (κ2) is 2.55. The second-order valence-corrected chi connectivity index (χ2v) is 1.91. The van der Waals surface area contributed by atoms with Crippen molar-refractivity contribution in [3.63, 3.8) is 0 Å². The molecule has 1 unspecified atom stereocenters. The Labute approximate surface area is 61.0 Å². The van der Waals surface area contributed by atoms with Gasteiger partial charge in [0.2, 0.25) is 0 Å². The summed E-state index contributed by atoms with van der Waals surface area (Å²) in [7, 11) is 0. The van der Waals surface area contributed by atoms with Gasteiger partial charge in [-0.05, 0) is 6.92 Å². The van der Waals surface area contributed by atoms with Crippen LogP contribution < -0.4 is 0 Å². The van der Waals surface area contributed by atoms with Crippen LogP contribution in [-0.4, -0.2) is 22.7 Å². The minimum Gasteiger partial charge on any atom is -0.364 e. The van der Waals surface area contributed by atoms with E-state index in [4.69, 9.17) is 5.11 Å². The molecule has 0 fully saturated rings. The Balaban J connectivity index is 4.96. The molecule has 2 nitrogen and oxygen atoms in total. The van der Waals surface area contributed by atoms with Crippen LogP contribution in [0.4, 0.5) is 13.2 Å². The van der Waals surface area contributed by atoms with Gasteiger partial charge in [0.15, 0.2) is 5.78 Å². The zero-order valence-corrected chi connectivity index (χ0v) is 5.57. The van der Waals surface area contributed by atoms with E-state index in [1.807, 2.05) is 0 Å². The highest BCUT2D eigenvalue weighted by Gasteiger charge is 2.56. The number of halogens is 3. The number of alkyl halides is 3. The summed E-state index contributed by atoms with van der Waals surface area (Å²) in [6.07, 6.45) is -0.750. The lowest BCUT2D eigenvalue weighted by molar-refractivity contribution is -0.228. The topological polar surface area (TPSA) is 37.3 Å². The molecular formula is C6H5F3O2. The SMILES string of the molecule is C#CC(O)(C(C)=O)C(F)(F)F. The summed E-state index contributed by atoms with van der Waals surface area (Å²) in [6, 6.07) is 0. The molecule has 1 atom stereocenters. The monoisotopic (exact) mass is 166 g/mol. The molecular weight excluding hydrogens is 161 g/mol. The summed E-state index contributed by atoms with van der Waals surface area (Å²) in [5.74, 6) is -0.508. The highest BCUT2D eigenvalue weighted by Crippen LogP contribution is 2.30. The number of carbonyl (C=O) groups excluding carboxylic acids is 1. The van der Waals surface area contributed by atoms with Gasteiger partial charge < -0.3 is 5.11 Å². The van der Waals surface area contributed by atoms with Crippen LogP contribution in [0.5, 0.6) is 0 Å². The Morgan fingerprint density at radius 2 is 1.91 bits per heavy atom. The molecule has 5 heteroatoms. The zero-order chi connectivity index (χ0) is 9.28. The first-order chi connectivity index (χ1) is 4.75. The van der Waals surface area contributed by atoms with E-state index in [0.29, 0.717) is 6.92 Å². The average Bonchev–Trinajstić information content (AvgIpc) is 1.83. The highest BCUT2D eigenvalue weighted by molar-refractivity contribution is 5.89. The lowest BCUT2D eigenvalue weighted by Gasteiger charge is -2.21. The fourth-order valence-corrected chi connectivity index (χ4v) is 0.383. The van der Waals surface area contributed by atoms with Crippen molar-refractivity contribution < 1.29 is 23.1 Å². The van der Waals surface area contributed by atoms with Crippen LogP contribution in [0.15, 0.2) is 0 Å². The fourth-order valence-electron chi connectivity index (χ4n) is 0.383. The van der Waals surface area contributed by atoms with Gasteiger partial charge in [0.25, 0.3) is 5.60 Å². The first kappa shape index (κ1) is 9.98. The van der Waals surface area contributed by atoms with Crippen molar-refractivity contribution in [2.24, 2.45) is 0 Å². The first-order valence-electron chi connectivity index (χ1n) is 2.53. The van der Waals surface area contributed by atoms with E-state index in [2.05, 4.69) is 6.42 Å². The lowest BCUT2D eigenvalue weighted by atomic mass is 10.0. The molecule has 62 valence electrons. The quantitative estimate of drug-likeness (QED) is 0.576. The Bertz CT molecular complexity index is 213. The van der Waals surface area contributed by atoms with E-state index in [0.717, 1.165) is 5.92 Å². The van der Waals surface area contributed by atoms with Gasteiger partial charge in [0.05, 0.1) is 0 Å². The molecule has 0 bridgehead atoms. The zero-order valence-electron chi connectivity index (χ0n) is 5.57. The molecule has 0 aliphatic rings. The van der Waals surface area contributed by atoms with Gasteiger partial charge in [0, 0.05) is 0 Å². The Morgan fingerprint density at radius 1 is 1.55 bits per heavy atom. The predicted octanol–water partition coefficient (Wildman–Crippen LogP) is 0.502. The second-order valence-electron chi connectivity index (χ2n) is 1.91. The summed E-state index contributed by atoms with van der Waals surface area (Å²) in [5, 5.41) is 8.52. The van der Waals surface area contributed by atoms with Crippen LogP contribution in [-0.2, 0) is 4.79 Å². The maximum absolute atomic E-state index is 11.7. The molecule has 0 spiro atoms. The summed E-state index contributed by atoms with van der Waals surface area (Å²) in [4.78, 5) is 10.2. The molecule has 0 saturated heterocycles. The van der Waals surface area contributed by atoms with Crippen molar-refractivity contribution in [3.05, 3.63) is 0 Å². The maximum Gasteiger partial charge on any atom is 0.436 e. The number of terminal acetylenes is 1. The first-order valence-corrected chi connectivity index (χ1v) is 2.53. The molecule has 0 aromatic carbocycles. The smallest absolute Gasteiger partial charge is 0.364 e. The lowest BCUT2D eigenvalue weighted by Crippen LogP contribution is -2.49. The number of hydrogen-bond acceptors (Lipinski definition) is 2. The largest absolute Gasteiger partial charge is 0.436 e. The third-order valence-electron chi connectivity index (χ3n) is 1.13. The third kappa shape index (κ3) is 1.52. The van der Waals surface area contributed by atoms with Crippen molar-refractivity contribution in [1.29, 1.82) is 0 Å². The molecule has 0 saturated carbocycles. The van der Waals surface area contributed by atoms with E-state index in [9.17, 15) is 18.0 Å². The molecule has 0 aliphatic heterocycles. The molecule has 0 aromatic heterocycles. The summed E-state index contributed by atoms with van der Waals surface area (Å²) in [6.45, 7) is 0.577. The minimum absolute atomic E-state index is 0.577. The van der Waals surface area contributed by atoms with Gasteiger partial charge in [-0.2, -0.15) is 13.2 Å². The van der Waals surface area contributed by atoms with Crippen molar-refractivity contribution in [2.45, 2.75) is 18.7 Å². The van der Waals surface area contributed by atoms with Gasteiger partial charge >= 0.3 is 6.18 Å². The van der Waals surface area contributed by atoms with Crippen LogP contribution in [0.25, 0.3) is 0 Å². The molecule has 1 N–H and O–H groups in total. The number of ketones is 1. The molecule has 0 rings (SSSR count). The van der Waals surface area contributed by atoms with Crippen LogP contribution >= 0.6 is 0 Å². The minimum atomic E-state index is -5.10. The van der Waals surface area contributed by atoms with Gasteiger partial charge in [-0.1, -0.05) is 5.92 Å². The predicted molar refractivity (Wildman–Crippen MR) is 30.5 cm³/mol. The van der Waals surface area contributed by atoms with Crippen molar-refractivity contribution in [1.82, 2.24) is 0 Å². The van der Waals surface area contributed by atoms with Gasteiger partial charge in [-0.3, -0.25) is 4.79 Å². The van der Waals surface area contributed by atoms with Crippen molar-refractivity contribution in [3.8, 4) is 12.3 Å². The van der Waals surface area contributed by atoms with E-state index in [-0.39, 0.29) is 0 Å². The standard InChI is InChI=1S/C6H5F3O2/c1-3-5(11,4(2)10)6(7,8)9/h1,11H,2H3. The Hall–Kier alpha value is -1.02. The average molecular weight is 166 g/mol. The maximum atomic E-state index is 11.7. The third-order valence-corrected chi connectivity index (χ3v) is 1.13. The molecule has 0 radical (unpaired) electrons. The van der Waals surface area contributed by atoms with Crippen molar-refractivity contribution in [2.75, 3.05) is 0 Å². The Kier molecular flexibility index (Phi) is 2.31. The van der Waals surface area contributed by atoms with Gasteiger partial charge in [0.1, 0.15) is 0 Å². The number of carbonyl (C=O) groups is 1. The number of aliphatic hydroxyl groups is 1. The molecule has 11 heavy (non-hydrogen) atoms. The van der Waals surface area contributed by atoms with Crippen LogP contribution in [0.2, 0.25) is 0 Å². The number of Topliss-reactive ketones (excluding diaryl/α,β-unsaturated/α-hetero) is 1. The Morgan fingerprint density at radius 3 is 1.91 bits per heavy atom. The number of hydrogen-bond donors (Lipinski definition) is 1. The van der Waals surface area contributed by atoms with Gasteiger partial charge in [-0.25, -0.2) is 0 Å². The van der Waals surface area contributed by atoms with E-state index < -0.39 is 17.6 Å². The molecule has 0 aromatic rings. The van der Waals surface area contributed by atoms with E-state index >= 15 is 0 Å². The van der Waals surface area contributed by atoms with E-state index in [1.165, 1.54) is 0 Å². The van der Waals surface area contributed by atoms with Crippen LogP contribution in [0.3, 0.4) is 0 Å². The summed E-state index contributed by atoms with van der Waals surface area (Å²) < 4.78 is 35.2. The van der Waals surface area contributed by atoms with Crippen LogP contribution in [0.1, 0.15) is 6.92 Å². The van der Waals surface area contributed by atoms with Crippen molar-refractivity contribution >= 4 is 5.78 Å². The number of rotatable bonds is 1. The molecule has 0 amide bonds. The van der Waals surface area contributed by atoms with Crippen LogP contribution in [0, 0.1) is 12.3 Å². The molecule has 0 aliphatic carbocycles. The fraction of sp³-hybridized carbons (Fsp3) is 0.500. The highest BCUT2D eigenvalue weighted by atomic mass is 19.4. The summed E-state index contributed by atoms with van der Waals surface area (Å²) in [5.41, 5.74) is -3.63. The van der Waals surface area contributed by atoms with E-state index in [1.54, 1.807) is 0 Å². The summed E-state index contributed by atoms with van der Waals surface area (Å²) >= 11 is 0.